The maximum Gasteiger partial charge on any atom is 0.355 e. The molecule has 0 spiro atoms. The zero-order valence-electron chi connectivity index (χ0n) is 13.4. The van der Waals surface area contributed by atoms with Gasteiger partial charge in [-0.3, -0.25) is 4.79 Å². The summed E-state index contributed by atoms with van der Waals surface area (Å²) < 4.78 is 11.3. The Morgan fingerprint density at radius 2 is 2.24 bits per heavy atom. The summed E-state index contributed by atoms with van der Waals surface area (Å²) in [6.45, 7) is 1.33. The van der Waals surface area contributed by atoms with Crippen molar-refractivity contribution in [1.82, 2.24) is 10.3 Å². The van der Waals surface area contributed by atoms with Crippen LogP contribution in [-0.2, 0) is 11.3 Å². The van der Waals surface area contributed by atoms with Crippen LogP contribution in [0.4, 0.5) is 0 Å². The monoisotopic (exact) mass is 362 g/mol. The van der Waals surface area contributed by atoms with Gasteiger partial charge < -0.3 is 19.9 Å². The van der Waals surface area contributed by atoms with Crippen LogP contribution in [-0.4, -0.2) is 41.3 Å². The Morgan fingerprint density at radius 1 is 1.40 bits per heavy atom. The zero-order chi connectivity index (χ0) is 17.6. The lowest BCUT2D eigenvalue weighted by Gasteiger charge is -2.14. The van der Waals surface area contributed by atoms with Crippen LogP contribution in [0, 0.1) is 0 Å². The molecule has 0 radical (unpaired) electrons. The molecule has 2 N–H and O–H groups in total. The molecule has 7 nitrogen and oxygen atoms in total. The number of benzene rings is 1. The molecule has 25 heavy (non-hydrogen) atoms. The van der Waals surface area contributed by atoms with E-state index in [0.29, 0.717) is 22.9 Å². The van der Waals surface area contributed by atoms with E-state index in [1.165, 1.54) is 16.7 Å². The summed E-state index contributed by atoms with van der Waals surface area (Å²) in [6.07, 6.45) is 2.06. The Labute approximate surface area is 148 Å². The van der Waals surface area contributed by atoms with E-state index in [4.69, 9.17) is 14.6 Å². The van der Waals surface area contributed by atoms with E-state index in [1.807, 2.05) is 6.07 Å². The quantitative estimate of drug-likeness (QED) is 0.784. The van der Waals surface area contributed by atoms with Crippen LogP contribution < -0.4 is 10.1 Å². The van der Waals surface area contributed by atoms with Crippen molar-refractivity contribution in [3.05, 3.63) is 45.9 Å². The van der Waals surface area contributed by atoms with Gasteiger partial charge in [0.05, 0.1) is 18.2 Å². The molecule has 1 atom stereocenters. The van der Waals surface area contributed by atoms with E-state index in [9.17, 15) is 9.59 Å². The highest BCUT2D eigenvalue weighted by Gasteiger charge is 2.18. The van der Waals surface area contributed by atoms with Crippen molar-refractivity contribution in [3.63, 3.8) is 0 Å². The Morgan fingerprint density at radius 3 is 2.96 bits per heavy atom. The minimum atomic E-state index is -1.08. The van der Waals surface area contributed by atoms with E-state index in [1.54, 1.807) is 18.2 Å². The van der Waals surface area contributed by atoms with Crippen LogP contribution in [0.15, 0.2) is 29.6 Å². The molecule has 0 unspecified atom stereocenters. The molecular weight excluding hydrogens is 344 g/mol. The number of rotatable bonds is 7. The van der Waals surface area contributed by atoms with Crippen molar-refractivity contribution >= 4 is 23.2 Å². The van der Waals surface area contributed by atoms with Crippen molar-refractivity contribution in [3.8, 4) is 5.75 Å². The summed E-state index contributed by atoms with van der Waals surface area (Å²) in [6, 6.07) is 7.00. The first-order chi connectivity index (χ1) is 12.1. The molecule has 2 heterocycles. The molecule has 1 fully saturated rings. The van der Waals surface area contributed by atoms with Crippen LogP contribution in [0.25, 0.3) is 0 Å². The highest BCUT2D eigenvalue weighted by Crippen LogP contribution is 2.20. The minimum absolute atomic E-state index is 0.0189. The van der Waals surface area contributed by atoms with Crippen LogP contribution >= 0.6 is 11.3 Å². The van der Waals surface area contributed by atoms with Crippen molar-refractivity contribution in [2.45, 2.75) is 25.5 Å². The summed E-state index contributed by atoms with van der Waals surface area (Å²) in [7, 11) is 0. The standard InChI is InChI=1S/C17H18N2O5S/c20-16(18-8-15-19-13(10-25-15)17(21)22)12-5-1-2-6-14(12)24-9-11-4-3-7-23-11/h1-2,5-6,10-11H,3-4,7-9H2,(H,18,20)(H,21,22)/t11-/m1/s1. The lowest BCUT2D eigenvalue weighted by atomic mass is 10.2. The molecule has 1 aliphatic heterocycles. The molecule has 1 aromatic heterocycles. The molecule has 3 rings (SSSR count). The Kier molecular flexibility index (Phi) is 5.62. The third kappa shape index (κ3) is 4.55. The van der Waals surface area contributed by atoms with Crippen LogP contribution in [0.1, 0.15) is 38.7 Å². The van der Waals surface area contributed by atoms with E-state index in [-0.39, 0.29) is 24.2 Å². The number of amides is 1. The number of ether oxygens (including phenoxy) is 2. The molecule has 1 aromatic carbocycles. The molecule has 1 amide bonds. The van der Waals surface area contributed by atoms with Crippen molar-refractivity contribution in [2.75, 3.05) is 13.2 Å². The number of carbonyl (C=O) groups excluding carboxylic acids is 1. The van der Waals surface area contributed by atoms with Crippen molar-refractivity contribution in [2.24, 2.45) is 0 Å². The topological polar surface area (TPSA) is 97.8 Å². The summed E-state index contributed by atoms with van der Waals surface area (Å²) in [5, 5.41) is 13.6. The van der Waals surface area contributed by atoms with Gasteiger partial charge in [0.2, 0.25) is 0 Å². The molecular formula is C17H18N2O5S. The summed E-state index contributed by atoms with van der Waals surface area (Å²) >= 11 is 1.19. The predicted molar refractivity (Wildman–Crippen MR) is 91.2 cm³/mol. The van der Waals surface area contributed by atoms with Crippen molar-refractivity contribution < 1.29 is 24.2 Å². The number of carbonyl (C=O) groups is 2. The van der Waals surface area contributed by atoms with E-state index in [0.717, 1.165) is 19.4 Å². The number of aromatic carboxylic acids is 1. The number of carboxylic acid groups (broad SMARTS) is 1. The first kappa shape index (κ1) is 17.4. The smallest absolute Gasteiger partial charge is 0.355 e. The average molecular weight is 362 g/mol. The maximum absolute atomic E-state index is 12.4. The van der Waals surface area contributed by atoms with E-state index >= 15 is 0 Å². The first-order valence-electron chi connectivity index (χ1n) is 7.93. The van der Waals surface area contributed by atoms with Crippen LogP contribution in [0.5, 0.6) is 5.75 Å². The summed E-state index contributed by atoms with van der Waals surface area (Å²) in [4.78, 5) is 27.2. The normalized spacial score (nSPS) is 16.6. The molecule has 2 aromatic rings. The fraction of sp³-hybridized carbons (Fsp3) is 0.353. The molecule has 0 saturated carbocycles. The van der Waals surface area contributed by atoms with Crippen LogP contribution in [0.2, 0.25) is 0 Å². The number of nitrogens with zero attached hydrogens (tertiary/aromatic N) is 1. The van der Waals surface area contributed by atoms with Gasteiger partial charge in [-0.1, -0.05) is 12.1 Å². The third-order valence-corrected chi connectivity index (χ3v) is 4.60. The zero-order valence-corrected chi connectivity index (χ0v) is 14.3. The van der Waals surface area contributed by atoms with Gasteiger partial charge in [0.25, 0.3) is 5.91 Å². The lowest BCUT2D eigenvalue weighted by Crippen LogP contribution is -2.24. The largest absolute Gasteiger partial charge is 0.490 e. The predicted octanol–water partition coefficient (Wildman–Crippen LogP) is 2.33. The van der Waals surface area contributed by atoms with Gasteiger partial charge in [0.1, 0.15) is 17.4 Å². The Balaban J connectivity index is 1.59. The molecule has 1 aliphatic rings. The fourth-order valence-electron chi connectivity index (χ4n) is 2.48. The number of hydrogen-bond acceptors (Lipinski definition) is 6. The maximum atomic E-state index is 12.4. The van der Waals surface area contributed by atoms with Crippen molar-refractivity contribution in [1.29, 1.82) is 0 Å². The molecule has 0 bridgehead atoms. The second kappa shape index (κ2) is 8.09. The highest BCUT2D eigenvalue weighted by atomic mass is 32.1. The second-order valence-electron chi connectivity index (χ2n) is 5.56. The fourth-order valence-corrected chi connectivity index (χ4v) is 3.19. The average Bonchev–Trinajstić information content (AvgIpc) is 3.30. The third-order valence-electron chi connectivity index (χ3n) is 3.75. The number of nitrogens with one attached hydrogen (secondary N) is 1. The van der Waals surface area contributed by atoms with Crippen LogP contribution in [0.3, 0.4) is 0 Å². The Hall–Kier alpha value is -2.45. The van der Waals surface area contributed by atoms with E-state index < -0.39 is 5.97 Å². The summed E-state index contributed by atoms with van der Waals surface area (Å²) in [5.74, 6) is -0.877. The molecule has 132 valence electrons. The van der Waals surface area contributed by atoms with Gasteiger partial charge in [-0.05, 0) is 25.0 Å². The SMILES string of the molecule is O=C(O)c1csc(CNC(=O)c2ccccc2OC[C@H]2CCCO2)n1. The minimum Gasteiger partial charge on any atom is -0.490 e. The van der Waals surface area contributed by atoms with Gasteiger partial charge >= 0.3 is 5.97 Å². The molecule has 8 heteroatoms. The lowest BCUT2D eigenvalue weighted by molar-refractivity contribution is 0.0670. The highest BCUT2D eigenvalue weighted by molar-refractivity contribution is 7.09. The number of carboxylic acids is 1. The first-order valence-corrected chi connectivity index (χ1v) is 8.81. The van der Waals surface area contributed by atoms with Gasteiger partial charge in [0, 0.05) is 12.0 Å². The van der Waals surface area contributed by atoms with Gasteiger partial charge in [0.15, 0.2) is 5.69 Å². The van der Waals surface area contributed by atoms with Gasteiger partial charge in [-0.2, -0.15) is 0 Å². The summed E-state index contributed by atoms with van der Waals surface area (Å²) in [5.41, 5.74) is 0.407. The number of aromatic nitrogens is 1. The number of hydrogen-bond donors (Lipinski definition) is 2. The second-order valence-corrected chi connectivity index (χ2v) is 6.50. The molecule has 1 saturated heterocycles. The Bertz CT molecular complexity index is 755. The van der Waals surface area contributed by atoms with Gasteiger partial charge in [-0.15, -0.1) is 11.3 Å². The van der Waals surface area contributed by atoms with Gasteiger partial charge in [-0.25, -0.2) is 9.78 Å². The number of para-hydroxylation sites is 1. The van der Waals surface area contributed by atoms with E-state index in [2.05, 4.69) is 10.3 Å². The number of thiazole rings is 1. The molecule has 0 aliphatic carbocycles.